The molecule has 1 amide bonds. The van der Waals surface area contributed by atoms with Gasteiger partial charge in [0.25, 0.3) is 5.91 Å². The van der Waals surface area contributed by atoms with E-state index < -0.39 is 0 Å². The Morgan fingerprint density at radius 1 is 1.13 bits per heavy atom. The second kappa shape index (κ2) is 9.73. The molecule has 4 rings (SSSR count). The van der Waals surface area contributed by atoms with Gasteiger partial charge >= 0.3 is 0 Å². The first-order valence-electron chi connectivity index (χ1n) is 9.79. The maximum Gasteiger partial charge on any atom is 0.267 e. The molecule has 0 aliphatic carbocycles. The second-order valence-corrected chi connectivity index (χ2v) is 8.74. The van der Waals surface area contributed by atoms with Crippen molar-refractivity contribution in [2.45, 2.75) is 6.92 Å². The molecule has 3 aromatic rings. The average Bonchev–Trinajstić information content (AvgIpc) is 3.36. The predicted octanol–water partition coefficient (Wildman–Crippen LogP) is 6.55. The van der Waals surface area contributed by atoms with Gasteiger partial charge in [0.15, 0.2) is 5.17 Å². The number of amidine groups is 1. The summed E-state index contributed by atoms with van der Waals surface area (Å²) in [6, 6.07) is 20.0. The lowest BCUT2D eigenvalue weighted by Crippen LogP contribution is -2.29. The Morgan fingerprint density at radius 2 is 1.84 bits per heavy atom. The van der Waals surface area contributed by atoms with E-state index in [1.807, 2.05) is 79.0 Å². The minimum Gasteiger partial charge on any atom is -0.282 e. The van der Waals surface area contributed by atoms with E-state index in [2.05, 4.69) is 22.6 Å². The molecule has 0 saturated carbocycles. The molecule has 2 aromatic carbocycles. The number of carbonyl (C=O) groups excluding carboxylic acids is 1. The van der Waals surface area contributed by atoms with Crippen LogP contribution in [0.4, 0.5) is 5.13 Å². The smallest absolute Gasteiger partial charge is 0.267 e. The number of aliphatic imine (C=N–C) groups is 1. The minimum atomic E-state index is -0.0655. The predicted molar refractivity (Wildman–Crippen MR) is 132 cm³/mol. The number of allylic oxidation sites excluding steroid dienone is 2. The molecule has 0 unspecified atom stereocenters. The highest BCUT2D eigenvalue weighted by atomic mass is 32.2. The summed E-state index contributed by atoms with van der Waals surface area (Å²) in [5.41, 5.74) is 4.03. The van der Waals surface area contributed by atoms with Crippen LogP contribution in [0.3, 0.4) is 0 Å². The minimum absolute atomic E-state index is 0.0655. The topological polar surface area (TPSA) is 45.6 Å². The number of hydrogen-bond donors (Lipinski definition) is 0. The summed E-state index contributed by atoms with van der Waals surface area (Å²) in [4.78, 5) is 24.6. The third-order valence-corrected chi connectivity index (χ3v) is 6.25. The van der Waals surface area contributed by atoms with Gasteiger partial charge in [-0.2, -0.15) is 4.99 Å². The maximum absolute atomic E-state index is 13.0. The van der Waals surface area contributed by atoms with Crippen LogP contribution in [0.1, 0.15) is 12.5 Å². The zero-order valence-electron chi connectivity index (χ0n) is 17.1. The molecular formula is C25H21N3OS2. The summed E-state index contributed by atoms with van der Waals surface area (Å²) >= 11 is 2.83. The van der Waals surface area contributed by atoms with Gasteiger partial charge in [-0.15, -0.1) is 17.9 Å². The number of hydrogen-bond acceptors (Lipinski definition) is 5. The van der Waals surface area contributed by atoms with E-state index in [-0.39, 0.29) is 5.91 Å². The molecule has 154 valence electrons. The van der Waals surface area contributed by atoms with Crippen LogP contribution in [-0.2, 0) is 4.79 Å². The highest BCUT2D eigenvalue weighted by Crippen LogP contribution is 2.35. The van der Waals surface area contributed by atoms with Crippen LogP contribution in [0, 0.1) is 0 Å². The SMILES string of the molecule is C=CCN1C(=O)/C(=C/C(C)=C/c2ccccc2)S/C1=N/c1nc(-c2ccccc2)cs1. The molecule has 1 aliphatic heterocycles. The lowest BCUT2D eigenvalue weighted by Gasteiger charge is -2.11. The fraction of sp³-hybridized carbons (Fsp3) is 0.0800. The van der Waals surface area contributed by atoms with Gasteiger partial charge in [-0.05, 0) is 35.9 Å². The zero-order chi connectivity index (χ0) is 21.6. The molecule has 0 atom stereocenters. The largest absolute Gasteiger partial charge is 0.282 e. The van der Waals surface area contributed by atoms with Gasteiger partial charge in [0.1, 0.15) is 0 Å². The Morgan fingerprint density at radius 3 is 2.55 bits per heavy atom. The van der Waals surface area contributed by atoms with Crippen LogP contribution in [0.5, 0.6) is 0 Å². The number of rotatable bonds is 6. The third-order valence-electron chi connectivity index (χ3n) is 4.51. The van der Waals surface area contributed by atoms with Gasteiger partial charge in [0.2, 0.25) is 5.13 Å². The quantitative estimate of drug-likeness (QED) is 0.321. The van der Waals surface area contributed by atoms with Gasteiger partial charge in [-0.1, -0.05) is 72.8 Å². The zero-order valence-corrected chi connectivity index (χ0v) is 18.7. The van der Waals surface area contributed by atoms with Crippen molar-refractivity contribution in [1.29, 1.82) is 0 Å². The van der Waals surface area contributed by atoms with E-state index in [0.717, 1.165) is 22.4 Å². The number of thioether (sulfide) groups is 1. The Kier molecular flexibility index (Phi) is 6.60. The normalized spacial score (nSPS) is 17.0. The van der Waals surface area contributed by atoms with Crippen LogP contribution in [0.15, 0.2) is 100 Å². The lowest BCUT2D eigenvalue weighted by atomic mass is 10.1. The van der Waals surface area contributed by atoms with E-state index in [1.54, 1.807) is 11.0 Å². The van der Waals surface area contributed by atoms with Crippen LogP contribution in [0.2, 0.25) is 0 Å². The fourth-order valence-electron chi connectivity index (χ4n) is 3.08. The summed E-state index contributed by atoms with van der Waals surface area (Å²) in [6.45, 7) is 6.18. The summed E-state index contributed by atoms with van der Waals surface area (Å²) < 4.78 is 0. The van der Waals surface area contributed by atoms with Gasteiger partial charge in [0, 0.05) is 17.5 Å². The first kappa shape index (κ1) is 21.0. The van der Waals surface area contributed by atoms with E-state index in [1.165, 1.54) is 23.1 Å². The van der Waals surface area contributed by atoms with Crippen LogP contribution >= 0.6 is 23.1 Å². The van der Waals surface area contributed by atoms with Crippen molar-refractivity contribution in [3.05, 3.63) is 101 Å². The number of carbonyl (C=O) groups is 1. The van der Waals surface area contributed by atoms with E-state index in [0.29, 0.717) is 21.7 Å². The number of amides is 1. The summed E-state index contributed by atoms with van der Waals surface area (Å²) in [6.07, 6.45) is 5.68. The van der Waals surface area contributed by atoms with E-state index >= 15 is 0 Å². The number of thiazole rings is 1. The van der Waals surface area contributed by atoms with Gasteiger partial charge in [0.05, 0.1) is 10.6 Å². The third kappa shape index (κ3) is 5.10. The summed E-state index contributed by atoms with van der Waals surface area (Å²) in [5, 5.41) is 3.23. The summed E-state index contributed by atoms with van der Waals surface area (Å²) in [7, 11) is 0. The first-order valence-corrected chi connectivity index (χ1v) is 11.5. The molecular weight excluding hydrogens is 422 g/mol. The highest BCUT2D eigenvalue weighted by Gasteiger charge is 2.32. The molecule has 0 radical (unpaired) electrons. The van der Waals surface area contributed by atoms with E-state index in [4.69, 9.17) is 0 Å². The Hall–Kier alpha value is -3.22. The van der Waals surface area contributed by atoms with Crippen molar-refractivity contribution in [3.8, 4) is 11.3 Å². The van der Waals surface area contributed by atoms with Gasteiger partial charge in [-0.3, -0.25) is 9.69 Å². The monoisotopic (exact) mass is 443 g/mol. The molecule has 0 N–H and O–H groups in total. The summed E-state index contributed by atoms with van der Waals surface area (Å²) in [5.74, 6) is -0.0655. The molecule has 1 aromatic heterocycles. The van der Waals surface area contributed by atoms with E-state index in [9.17, 15) is 4.79 Å². The number of aromatic nitrogens is 1. The Bertz CT molecular complexity index is 1180. The molecule has 1 aliphatic rings. The van der Waals surface area contributed by atoms with Crippen molar-refractivity contribution in [2.24, 2.45) is 4.99 Å². The average molecular weight is 444 g/mol. The molecule has 6 heteroatoms. The standard InChI is InChI=1S/C25H21N3OS2/c1-3-14-28-23(29)22(16-18(2)15-19-10-6-4-7-11-19)31-25(28)27-24-26-21(17-30-24)20-12-8-5-9-13-20/h3-13,15-17H,1,14H2,2H3/b18-15+,22-16-,27-25+. The maximum atomic E-state index is 13.0. The van der Waals surface area contributed by atoms with Gasteiger partial charge < -0.3 is 0 Å². The Labute approximate surface area is 190 Å². The molecule has 1 fully saturated rings. The molecule has 4 nitrogen and oxygen atoms in total. The van der Waals surface area contributed by atoms with Gasteiger partial charge in [-0.25, -0.2) is 4.98 Å². The number of benzene rings is 2. The molecule has 0 spiro atoms. The highest BCUT2D eigenvalue weighted by molar-refractivity contribution is 8.18. The first-order chi connectivity index (χ1) is 15.1. The van der Waals surface area contributed by atoms with Crippen LogP contribution in [-0.4, -0.2) is 27.5 Å². The van der Waals surface area contributed by atoms with Crippen molar-refractivity contribution < 1.29 is 4.79 Å². The van der Waals surface area contributed by atoms with Crippen molar-refractivity contribution in [3.63, 3.8) is 0 Å². The lowest BCUT2D eigenvalue weighted by molar-refractivity contribution is -0.121. The Balaban J connectivity index is 1.60. The van der Waals surface area contributed by atoms with Crippen LogP contribution < -0.4 is 0 Å². The van der Waals surface area contributed by atoms with Crippen molar-refractivity contribution >= 4 is 45.4 Å². The number of nitrogens with zero attached hydrogens (tertiary/aromatic N) is 3. The fourth-order valence-corrected chi connectivity index (χ4v) is 4.87. The van der Waals surface area contributed by atoms with Crippen molar-refractivity contribution in [1.82, 2.24) is 9.88 Å². The molecule has 0 bridgehead atoms. The molecule has 2 heterocycles. The van der Waals surface area contributed by atoms with Crippen molar-refractivity contribution in [2.75, 3.05) is 6.54 Å². The molecule has 31 heavy (non-hydrogen) atoms. The van der Waals surface area contributed by atoms with Crippen LogP contribution in [0.25, 0.3) is 17.3 Å². The molecule has 1 saturated heterocycles. The second-order valence-electron chi connectivity index (χ2n) is 6.89.